The van der Waals surface area contributed by atoms with Gasteiger partial charge in [0.25, 0.3) is 0 Å². The van der Waals surface area contributed by atoms with Crippen LogP contribution in [-0.2, 0) is 22.4 Å². The van der Waals surface area contributed by atoms with E-state index in [2.05, 4.69) is 48.5 Å². The van der Waals surface area contributed by atoms with Gasteiger partial charge in [0.1, 0.15) is 0 Å². The number of rotatable bonds is 10. The molecule has 1 aliphatic rings. The van der Waals surface area contributed by atoms with Crippen LogP contribution in [0.4, 0.5) is 0 Å². The van der Waals surface area contributed by atoms with E-state index in [9.17, 15) is 4.79 Å². The highest BCUT2D eigenvalue weighted by Crippen LogP contribution is 2.21. The molecular formula is C25H34N2O2. The van der Waals surface area contributed by atoms with Crippen molar-refractivity contribution in [3.63, 3.8) is 0 Å². The van der Waals surface area contributed by atoms with Gasteiger partial charge in [0.15, 0.2) is 0 Å². The zero-order chi connectivity index (χ0) is 20.3. The van der Waals surface area contributed by atoms with E-state index in [-0.39, 0.29) is 12.0 Å². The van der Waals surface area contributed by atoms with E-state index in [1.807, 2.05) is 17.0 Å². The van der Waals surface area contributed by atoms with Crippen molar-refractivity contribution in [3.05, 3.63) is 71.8 Å². The first-order valence-corrected chi connectivity index (χ1v) is 10.9. The van der Waals surface area contributed by atoms with E-state index in [1.165, 1.54) is 11.1 Å². The molecular weight excluding hydrogens is 360 g/mol. The molecule has 4 heteroatoms. The fourth-order valence-corrected chi connectivity index (χ4v) is 4.09. The summed E-state index contributed by atoms with van der Waals surface area (Å²) >= 11 is 0. The first kappa shape index (κ1) is 21.5. The number of benzene rings is 2. The van der Waals surface area contributed by atoms with E-state index >= 15 is 0 Å². The average Bonchev–Trinajstić information content (AvgIpc) is 2.76. The van der Waals surface area contributed by atoms with Gasteiger partial charge in [-0.25, -0.2) is 0 Å². The minimum absolute atomic E-state index is 0.273. The van der Waals surface area contributed by atoms with E-state index in [1.54, 1.807) is 0 Å². The molecule has 0 saturated carbocycles. The van der Waals surface area contributed by atoms with Crippen LogP contribution < -0.4 is 5.73 Å². The molecule has 0 aliphatic carbocycles. The third-order valence-electron chi connectivity index (χ3n) is 5.69. The highest BCUT2D eigenvalue weighted by molar-refractivity contribution is 5.76. The quantitative estimate of drug-likeness (QED) is 0.623. The van der Waals surface area contributed by atoms with Crippen LogP contribution in [0.3, 0.4) is 0 Å². The highest BCUT2D eigenvalue weighted by Gasteiger charge is 2.25. The van der Waals surface area contributed by atoms with Crippen LogP contribution in [0.2, 0.25) is 0 Å². The van der Waals surface area contributed by atoms with Crippen molar-refractivity contribution in [1.29, 1.82) is 0 Å². The molecule has 1 amide bonds. The molecule has 2 aromatic rings. The van der Waals surface area contributed by atoms with Gasteiger partial charge < -0.3 is 15.4 Å². The zero-order valence-corrected chi connectivity index (χ0v) is 17.3. The molecule has 0 bridgehead atoms. The van der Waals surface area contributed by atoms with Gasteiger partial charge in [0.2, 0.25) is 5.91 Å². The topological polar surface area (TPSA) is 55.6 Å². The van der Waals surface area contributed by atoms with Gasteiger partial charge >= 0.3 is 0 Å². The number of ether oxygens (including phenoxy) is 1. The van der Waals surface area contributed by atoms with Crippen molar-refractivity contribution in [2.75, 3.05) is 26.2 Å². The lowest BCUT2D eigenvalue weighted by Gasteiger charge is -2.33. The first-order valence-electron chi connectivity index (χ1n) is 10.9. The van der Waals surface area contributed by atoms with Gasteiger partial charge in [0, 0.05) is 26.1 Å². The summed E-state index contributed by atoms with van der Waals surface area (Å²) in [5.41, 5.74) is 8.13. The number of hydrogen-bond donors (Lipinski definition) is 1. The molecule has 0 aromatic heterocycles. The maximum Gasteiger partial charge on any atom is 0.222 e. The molecule has 0 spiro atoms. The summed E-state index contributed by atoms with van der Waals surface area (Å²) < 4.78 is 5.87. The summed E-state index contributed by atoms with van der Waals surface area (Å²) in [7, 11) is 0. The van der Waals surface area contributed by atoms with Crippen molar-refractivity contribution < 1.29 is 9.53 Å². The fraction of sp³-hybridized carbons (Fsp3) is 0.480. The lowest BCUT2D eigenvalue weighted by atomic mass is 9.89. The van der Waals surface area contributed by atoms with Crippen LogP contribution >= 0.6 is 0 Å². The smallest absolute Gasteiger partial charge is 0.222 e. The Balaban J connectivity index is 1.55. The lowest BCUT2D eigenvalue weighted by Crippen LogP contribution is -2.41. The summed E-state index contributed by atoms with van der Waals surface area (Å²) in [4.78, 5) is 15.1. The molecule has 1 saturated heterocycles. The SMILES string of the molecule is NCCCOC1CCN(C(=O)CC(Cc2ccccc2)Cc2ccccc2)CC1. The predicted octanol–water partition coefficient (Wildman–Crippen LogP) is 3.83. The summed E-state index contributed by atoms with van der Waals surface area (Å²) in [5.74, 6) is 0.591. The molecule has 1 fully saturated rings. The zero-order valence-electron chi connectivity index (χ0n) is 17.3. The summed E-state index contributed by atoms with van der Waals surface area (Å²) in [6.45, 7) is 3.00. The Morgan fingerprint density at radius 3 is 2.03 bits per heavy atom. The van der Waals surface area contributed by atoms with Gasteiger partial charge in [0.05, 0.1) is 6.10 Å². The Hall–Kier alpha value is -2.17. The second kappa shape index (κ2) is 11.7. The predicted molar refractivity (Wildman–Crippen MR) is 118 cm³/mol. The van der Waals surface area contributed by atoms with Gasteiger partial charge in [-0.1, -0.05) is 60.7 Å². The summed E-state index contributed by atoms with van der Waals surface area (Å²) in [6.07, 6.45) is 5.49. The van der Waals surface area contributed by atoms with Crippen LogP contribution in [0.15, 0.2) is 60.7 Å². The monoisotopic (exact) mass is 394 g/mol. The van der Waals surface area contributed by atoms with Gasteiger partial charge in [-0.05, 0) is 55.7 Å². The third-order valence-corrected chi connectivity index (χ3v) is 5.69. The van der Waals surface area contributed by atoms with Gasteiger partial charge in [-0.15, -0.1) is 0 Å². The van der Waals surface area contributed by atoms with Crippen LogP contribution in [-0.4, -0.2) is 43.2 Å². The normalized spacial score (nSPS) is 15.0. The molecule has 1 aliphatic heterocycles. The van der Waals surface area contributed by atoms with Crippen LogP contribution in [0.1, 0.15) is 36.8 Å². The molecule has 1 heterocycles. The van der Waals surface area contributed by atoms with Crippen molar-refractivity contribution in [3.8, 4) is 0 Å². The Kier molecular flexibility index (Phi) is 8.72. The molecule has 0 radical (unpaired) electrons. The molecule has 29 heavy (non-hydrogen) atoms. The minimum atomic E-state index is 0.273. The van der Waals surface area contributed by atoms with E-state index in [0.717, 1.165) is 51.8 Å². The molecule has 0 atom stereocenters. The maximum atomic E-state index is 13.0. The second-order valence-electron chi connectivity index (χ2n) is 8.04. The standard InChI is InChI=1S/C25H34N2O2/c26-14-7-17-29-24-12-15-27(16-13-24)25(28)20-23(18-21-8-3-1-4-9-21)19-22-10-5-2-6-11-22/h1-6,8-11,23-24H,7,12-20,26H2. The van der Waals surface area contributed by atoms with Crippen molar-refractivity contribution in [1.82, 2.24) is 4.90 Å². The Bertz CT molecular complexity index is 671. The lowest BCUT2D eigenvalue weighted by molar-refractivity contribution is -0.134. The number of likely N-dealkylation sites (tertiary alicyclic amines) is 1. The van der Waals surface area contributed by atoms with E-state index < -0.39 is 0 Å². The maximum absolute atomic E-state index is 13.0. The summed E-state index contributed by atoms with van der Waals surface area (Å²) in [5, 5.41) is 0. The van der Waals surface area contributed by atoms with E-state index in [0.29, 0.717) is 18.9 Å². The van der Waals surface area contributed by atoms with Crippen LogP contribution in [0.5, 0.6) is 0 Å². The molecule has 4 nitrogen and oxygen atoms in total. The molecule has 2 N–H and O–H groups in total. The number of amides is 1. The van der Waals surface area contributed by atoms with Gasteiger partial charge in [-0.2, -0.15) is 0 Å². The van der Waals surface area contributed by atoms with Gasteiger partial charge in [-0.3, -0.25) is 4.79 Å². The molecule has 2 aromatic carbocycles. The average molecular weight is 395 g/mol. The van der Waals surface area contributed by atoms with E-state index in [4.69, 9.17) is 10.5 Å². The molecule has 3 rings (SSSR count). The van der Waals surface area contributed by atoms with Crippen molar-refractivity contribution in [2.45, 2.75) is 44.6 Å². The number of nitrogens with zero attached hydrogens (tertiary/aromatic N) is 1. The van der Waals surface area contributed by atoms with Crippen LogP contribution in [0.25, 0.3) is 0 Å². The summed E-state index contributed by atoms with van der Waals surface area (Å²) in [6, 6.07) is 21.0. The largest absolute Gasteiger partial charge is 0.378 e. The second-order valence-corrected chi connectivity index (χ2v) is 8.04. The van der Waals surface area contributed by atoms with Crippen molar-refractivity contribution >= 4 is 5.91 Å². The number of hydrogen-bond acceptors (Lipinski definition) is 3. The number of piperidine rings is 1. The Morgan fingerprint density at radius 2 is 1.52 bits per heavy atom. The Morgan fingerprint density at radius 1 is 0.966 bits per heavy atom. The molecule has 0 unspecified atom stereocenters. The fourth-order valence-electron chi connectivity index (χ4n) is 4.09. The minimum Gasteiger partial charge on any atom is -0.378 e. The Labute approximate surface area is 175 Å². The van der Waals surface area contributed by atoms with Crippen molar-refractivity contribution in [2.24, 2.45) is 11.7 Å². The number of nitrogens with two attached hydrogens (primary N) is 1. The molecule has 156 valence electrons. The first-order chi connectivity index (χ1) is 14.2. The third kappa shape index (κ3) is 7.30. The highest BCUT2D eigenvalue weighted by atomic mass is 16.5. The number of carbonyl (C=O) groups excluding carboxylic acids is 1. The van der Waals surface area contributed by atoms with Crippen LogP contribution in [0, 0.1) is 5.92 Å². The number of carbonyl (C=O) groups is 1.